The molecule has 2 N–H and O–H groups in total. The van der Waals surface area contributed by atoms with Crippen molar-refractivity contribution in [1.29, 1.82) is 0 Å². The van der Waals surface area contributed by atoms with Crippen LogP contribution in [0.2, 0.25) is 0 Å². The molecule has 0 spiro atoms. The Morgan fingerprint density at radius 1 is 1.19 bits per heavy atom. The molecule has 2 heterocycles. The van der Waals surface area contributed by atoms with E-state index in [9.17, 15) is 4.39 Å². The van der Waals surface area contributed by atoms with E-state index >= 15 is 0 Å². The van der Waals surface area contributed by atoms with E-state index < -0.39 is 0 Å². The summed E-state index contributed by atoms with van der Waals surface area (Å²) in [5.74, 6) is 0.432. The molecule has 0 saturated carbocycles. The highest BCUT2D eigenvalue weighted by molar-refractivity contribution is 5.53. The van der Waals surface area contributed by atoms with Crippen LogP contribution in [-0.4, -0.2) is 15.5 Å². The lowest BCUT2D eigenvalue weighted by Crippen LogP contribution is -2.35. The summed E-state index contributed by atoms with van der Waals surface area (Å²) in [6, 6.07) is 7.23. The van der Waals surface area contributed by atoms with Gasteiger partial charge in [0.1, 0.15) is 5.82 Å². The number of pyridine rings is 2. The molecule has 0 unspecified atom stereocenters. The Bertz CT molecular complexity index is 620. The summed E-state index contributed by atoms with van der Waals surface area (Å²) in [6.45, 7) is 8.47. The zero-order valence-corrected chi connectivity index (χ0v) is 12.9. The molecule has 112 valence electrons. The second-order valence-electron chi connectivity index (χ2n) is 6.03. The largest absolute Gasteiger partial charge is 0.322 e. The van der Waals surface area contributed by atoms with Gasteiger partial charge in [-0.1, -0.05) is 6.07 Å². The number of aryl methyl sites for hydroxylation is 1. The molecule has 0 aromatic carbocycles. The van der Waals surface area contributed by atoms with Gasteiger partial charge in [0.2, 0.25) is 0 Å². The van der Waals surface area contributed by atoms with E-state index in [4.69, 9.17) is 0 Å². The molecule has 2 aromatic rings. The number of anilines is 2. The Morgan fingerprint density at radius 2 is 1.95 bits per heavy atom. The third kappa shape index (κ3) is 4.49. The van der Waals surface area contributed by atoms with Crippen molar-refractivity contribution in [2.45, 2.75) is 39.8 Å². The number of rotatable bonds is 4. The molecule has 5 heteroatoms. The highest BCUT2D eigenvalue weighted by atomic mass is 19.1. The summed E-state index contributed by atoms with van der Waals surface area (Å²) in [7, 11) is 0. The fourth-order valence-electron chi connectivity index (χ4n) is 1.80. The van der Waals surface area contributed by atoms with Gasteiger partial charge in [0.25, 0.3) is 0 Å². The summed E-state index contributed by atoms with van der Waals surface area (Å²) in [5.41, 5.74) is 1.38. The van der Waals surface area contributed by atoms with Gasteiger partial charge in [-0.3, -0.25) is 0 Å². The van der Waals surface area contributed by atoms with Crippen LogP contribution >= 0.6 is 0 Å². The lowest BCUT2D eigenvalue weighted by atomic mass is 10.1. The van der Waals surface area contributed by atoms with Crippen LogP contribution in [-0.2, 0) is 6.54 Å². The SMILES string of the molecule is Cc1cccc(Nc2nccc(CNC(C)(C)C)c2F)n1. The average molecular weight is 288 g/mol. The zero-order valence-electron chi connectivity index (χ0n) is 12.9. The van der Waals surface area contributed by atoms with Crippen molar-refractivity contribution in [2.75, 3.05) is 5.32 Å². The minimum absolute atomic E-state index is 0.0681. The van der Waals surface area contributed by atoms with Crippen LogP contribution in [0.25, 0.3) is 0 Å². The van der Waals surface area contributed by atoms with Gasteiger partial charge in [0, 0.05) is 29.5 Å². The van der Waals surface area contributed by atoms with Crippen LogP contribution in [0.5, 0.6) is 0 Å². The Hall–Kier alpha value is -2.01. The molecule has 2 aromatic heterocycles. The third-order valence-corrected chi connectivity index (χ3v) is 2.91. The summed E-state index contributed by atoms with van der Waals surface area (Å²) >= 11 is 0. The highest BCUT2D eigenvalue weighted by Gasteiger charge is 2.13. The molecule has 2 rings (SSSR count). The molecule has 0 aliphatic rings. The molecular formula is C16H21FN4. The van der Waals surface area contributed by atoms with E-state index in [1.54, 1.807) is 18.3 Å². The van der Waals surface area contributed by atoms with Crippen molar-refractivity contribution < 1.29 is 4.39 Å². The van der Waals surface area contributed by atoms with Crippen LogP contribution in [0.15, 0.2) is 30.5 Å². The molecule has 0 amide bonds. The lowest BCUT2D eigenvalue weighted by molar-refractivity contribution is 0.418. The molecule has 0 radical (unpaired) electrons. The number of nitrogens with one attached hydrogen (secondary N) is 2. The standard InChI is InChI=1S/C16H21FN4/c1-11-6-5-7-13(20-11)21-15-14(17)12(8-9-18-15)10-19-16(2,3)4/h5-9,19H,10H2,1-4H3,(H,18,20,21). The first kappa shape index (κ1) is 15.4. The normalized spacial score (nSPS) is 11.5. The van der Waals surface area contributed by atoms with Crippen molar-refractivity contribution in [1.82, 2.24) is 15.3 Å². The number of hydrogen-bond acceptors (Lipinski definition) is 4. The second kappa shape index (κ2) is 6.18. The van der Waals surface area contributed by atoms with Gasteiger partial charge in [0.05, 0.1) is 0 Å². The number of halogens is 1. The summed E-state index contributed by atoms with van der Waals surface area (Å²) < 4.78 is 14.4. The Balaban J connectivity index is 2.17. The highest BCUT2D eigenvalue weighted by Crippen LogP contribution is 2.19. The molecule has 0 fully saturated rings. The molecule has 0 aliphatic heterocycles. The van der Waals surface area contributed by atoms with Crippen LogP contribution in [0.3, 0.4) is 0 Å². The molecule has 0 atom stereocenters. The van der Waals surface area contributed by atoms with Crippen LogP contribution in [0.1, 0.15) is 32.0 Å². The maximum absolute atomic E-state index is 14.4. The van der Waals surface area contributed by atoms with E-state index in [1.165, 1.54) is 0 Å². The van der Waals surface area contributed by atoms with Gasteiger partial charge in [-0.2, -0.15) is 0 Å². The van der Waals surface area contributed by atoms with Crippen LogP contribution < -0.4 is 10.6 Å². The summed E-state index contributed by atoms with van der Waals surface area (Å²) in [4.78, 5) is 8.35. The lowest BCUT2D eigenvalue weighted by Gasteiger charge is -2.21. The van der Waals surface area contributed by atoms with E-state index in [1.807, 2.05) is 39.8 Å². The minimum Gasteiger partial charge on any atom is -0.322 e. The Kier molecular flexibility index (Phi) is 4.53. The predicted molar refractivity (Wildman–Crippen MR) is 83.0 cm³/mol. The quantitative estimate of drug-likeness (QED) is 0.903. The van der Waals surface area contributed by atoms with Gasteiger partial charge >= 0.3 is 0 Å². The number of hydrogen-bond donors (Lipinski definition) is 2. The average Bonchev–Trinajstić information content (AvgIpc) is 2.39. The summed E-state index contributed by atoms with van der Waals surface area (Å²) in [6.07, 6.45) is 1.60. The van der Waals surface area contributed by atoms with Gasteiger partial charge in [-0.15, -0.1) is 0 Å². The number of aromatic nitrogens is 2. The first-order chi connectivity index (χ1) is 9.85. The van der Waals surface area contributed by atoms with E-state index in [0.29, 0.717) is 17.9 Å². The summed E-state index contributed by atoms with van der Waals surface area (Å²) in [5, 5.41) is 6.19. The van der Waals surface area contributed by atoms with Gasteiger partial charge in [-0.05, 0) is 45.9 Å². The smallest absolute Gasteiger partial charge is 0.170 e. The minimum atomic E-state index is -0.349. The van der Waals surface area contributed by atoms with Crippen molar-refractivity contribution in [3.05, 3.63) is 47.5 Å². The first-order valence-corrected chi connectivity index (χ1v) is 6.94. The Morgan fingerprint density at radius 3 is 2.62 bits per heavy atom. The van der Waals surface area contributed by atoms with Crippen molar-refractivity contribution in [3.63, 3.8) is 0 Å². The van der Waals surface area contributed by atoms with E-state index in [-0.39, 0.29) is 17.2 Å². The molecular weight excluding hydrogens is 267 g/mol. The molecule has 0 saturated heterocycles. The monoisotopic (exact) mass is 288 g/mol. The maximum atomic E-state index is 14.4. The van der Waals surface area contributed by atoms with Gasteiger partial charge < -0.3 is 10.6 Å². The predicted octanol–water partition coefficient (Wildman–Crippen LogP) is 3.56. The number of nitrogens with zero attached hydrogens (tertiary/aromatic N) is 2. The molecule has 21 heavy (non-hydrogen) atoms. The van der Waals surface area contributed by atoms with Crippen molar-refractivity contribution >= 4 is 11.6 Å². The van der Waals surface area contributed by atoms with E-state index in [0.717, 1.165) is 5.69 Å². The topological polar surface area (TPSA) is 49.8 Å². The van der Waals surface area contributed by atoms with Crippen LogP contribution in [0, 0.1) is 12.7 Å². The Labute approximate surface area is 124 Å². The molecule has 4 nitrogen and oxygen atoms in total. The zero-order chi connectivity index (χ0) is 15.5. The van der Waals surface area contributed by atoms with Crippen molar-refractivity contribution in [2.24, 2.45) is 0 Å². The third-order valence-electron chi connectivity index (χ3n) is 2.91. The van der Waals surface area contributed by atoms with Crippen LogP contribution in [0.4, 0.5) is 16.0 Å². The molecule has 0 bridgehead atoms. The van der Waals surface area contributed by atoms with E-state index in [2.05, 4.69) is 20.6 Å². The first-order valence-electron chi connectivity index (χ1n) is 6.94. The fourth-order valence-corrected chi connectivity index (χ4v) is 1.80. The van der Waals surface area contributed by atoms with Gasteiger partial charge in [0.15, 0.2) is 11.6 Å². The van der Waals surface area contributed by atoms with Crippen molar-refractivity contribution in [3.8, 4) is 0 Å². The fraction of sp³-hybridized carbons (Fsp3) is 0.375. The molecule has 0 aliphatic carbocycles. The maximum Gasteiger partial charge on any atom is 0.170 e. The van der Waals surface area contributed by atoms with Gasteiger partial charge in [-0.25, -0.2) is 14.4 Å². The second-order valence-corrected chi connectivity index (χ2v) is 6.03.